The summed E-state index contributed by atoms with van der Waals surface area (Å²) in [6, 6.07) is 0. The van der Waals surface area contributed by atoms with Gasteiger partial charge in [0.25, 0.3) is 0 Å². The smallest absolute Gasteiger partial charge is 0.191 e. The van der Waals surface area contributed by atoms with E-state index >= 15 is 0 Å². The average Bonchev–Trinajstić information content (AvgIpc) is 2.58. The fraction of sp³-hybridized carbons (Fsp3) is 0.923. The van der Waals surface area contributed by atoms with Gasteiger partial charge >= 0.3 is 0 Å². The minimum atomic E-state index is 0.145. The van der Waals surface area contributed by atoms with E-state index in [1.54, 1.807) is 0 Å². The van der Waals surface area contributed by atoms with Gasteiger partial charge in [0.1, 0.15) is 0 Å². The molecule has 4 heteroatoms. The first-order valence-electron chi connectivity index (χ1n) is 6.87. The molecule has 1 aliphatic rings. The Bertz CT molecular complexity index is 260. The van der Waals surface area contributed by atoms with Crippen molar-refractivity contribution < 1.29 is 0 Å². The second-order valence-corrected chi connectivity index (χ2v) is 5.10. The van der Waals surface area contributed by atoms with E-state index in [2.05, 4.69) is 42.5 Å². The van der Waals surface area contributed by atoms with Crippen LogP contribution >= 0.6 is 0 Å². The van der Waals surface area contributed by atoms with Crippen LogP contribution in [0.3, 0.4) is 0 Å². The van der Waals surface area contributed by atoms with Gasteiger partial charge in [-0.1, -0.05) is 27.2 Å². The Morgan fingerprint density at radius 3 is 2.53 bits per heavy atom. The molecule has 1 rings (SSSR count). The molecule has 0 saturated carbocycles. The first kappa shape index (κ1) is 14.3. The van der Waals surface area contributed by atoms with Crippen LogP contribution in [-0.4, -0.2) is 54.0 Å². The molecule has 0 aromatic heterocycles. The zero-order valence-electron chi connectivity index (χ0n) is 11.9. The Labute approximate surface area is 106 Å². The first-order chi connectivity index (χ1) is 8.07. The number of nitrogens with two attached hydrogens (primary N) is 1. The van der Waals surface area contributed by atoms with Crippen LogP contribution in [0.1, 0.15) is 40.5 Å². The fourth-order valence-electron chi connectivity index (χ4n) is 2.62. The van der Waals surface area contributed by atoms with Crippen LogP contribution in [-0.2, 0) is 0 Å². The molecule has 1 unspecified atom stereocenters. The summed E-state index contributed by atoms with van der Waals surface area (Å²) in [5.41, 5.74) is 6.16. The summed E-state index contributed by atoms with van der Waals surface area (Å²) >= 11 is 0. The molecule has 4 nitrogen and oxygen atoms in total. The SMILES string of the molecule is CCCC1(C)CN=C(N)N1CCN(CC)CC. The minimum absolute atomic E-state index is 0.145. The number of rotatable bonds is 7. The molecule has 0 fully saturated rings. The van der Waals surface area contributed by atoms with Gasteiger partial charge in [0, 0.05) is 13.1 Å². The molecule has 0 bridgehead atoms. The summed E-state index contributed by atoms with van der Waals surface area (Å²) in [7, 11) is 0. The van der Waals surface area contributed by atoms with Crippen molar-refractivity contribution in [3.63, 3.8) is 0 Å². The fourth-order valence-corrected chi connectivity index (χ4v) is 2.62. The lowest BCUT2D eigenvalue weighted by molar-refractivity contribution is 0.177. The van der Waals surface area contributed by atoms with Gasteiger partial charge in [-0.25, -0.2) is 0 Å². The Balaban J connectivity index is 2.56. The number of hydrogen-bond donors (Lipinski definition) is 1. The highest BCUT2D eigenvalue weighted by molar-refractivity contribution is 5.80. The summed E-state index contributed by atoms with van der Waals surface area (Å²) in [6.45, 7) is 14.0. The second-order valence-electron chi connectivity index (χ2n) is 5.10. The maximum Gasteiger partial charge on any atom is 0.191 e. The Kier molecular flexibility index (Phi) is 5.25. The molecule has 2 N–H and O–H groups in total. The lowest BCUT2D eigenvalue weighted by Gasteiger charge is -2.37. The van der Waals surface area contributed by atoms with Crippen LogP contribution in [0.2, 0.25) is 0 Å². The molecule has 1 atom stereocenters. The van der Waals surface area contributed by atoms with Crippen molar-refractivity contribution in [2.24, 2.45) is 10.7 Å². The zero-order valence-corrected chi connectivity index (χ0v) is 11.9. The van der Waals surface area contributed by atoms with E-state index in [4.69, 9.17) is 5.73 Å². The van der Waals surface area contributed by atoms with E-state index in [-0.39, 0.29) is 5.54 Å². The van der Waals surface area contributed by atoms with Crippen molar-refractivity contribution in [3.05, 3.63) is 0 Å². The van der Waals surface area contributed by atoms with Crippen LogP contribution in [0.4, 0.5) is 0 Å². The van der Waals surface area contributed by atoms with Gasteiger partial charge in [-0.05, 0) is 26.4 Å². The maximum absolute atomic E-state index is 6.01. The monoisotopic (exact) mass is 240 g/mol. The molecule has 0 aromatic carbocycles. The zero-order chi connectivity index (χ0) is 12.9. The van der Waals surface area contributed by atoms with Crippen LogP contribution in [0.15, 0.2) is 4.99 Å². The number of hydrogen-bond acceptors (Lipinski definition) is 4. The van der Waals surface area contributed by atoms with Gasteiger partial charge in [0.2, 0.25) is 0 Å². The number of aliphatic imine (C=N–C) groups is 1. The van der Waals surface area contributed by atoms with Gasteiger partial charge in [0.15, 0.2) is 5.96 Å². The molecular weight excluding hydrogens is 212 g/mol. The van der Waals surface area contributed by atoms with Gasteiger partial charge in [-0.15, -0.1) is 0 Å². The van der Waals surface area contributed by atoms with Crippen molar-refractivity contribution in [2.75, 3.05) is 32.7 Å². The quantitative estimate of drug-likeness (QED) is 0.734. The summed E-state index contributed by atoms with van der Waals surface area (Å²) in [5, 5.41) is 0. The third kappa shape index (κ3) is 3.35. The van der Waals surface area contributed by atoms with Gasteiger partial charge in [-0.2, -0.15) is 0 Å². The van der Waals surface area contributed by atoms with Crippen molar-refractivity contribution in [3.8, 4) is 0 Å². The highest BCUT2D eigenvalue weighted by atomic mass is 15.4. The molecule has 0 radical (unpaired) electrons. The summed E-state index contributed by atoms with van der Waals surface area (Å²) in [4.78, 5) is 9.15. The van der Waals surface area contributed by atoms with E-state index in [9.17, 15) is 0 Å². The molecule has 100 valence electrons. The highest BCUT2D eigenvalue weighted by Crippen LogP contribution is 2.26. The first-order valence-corrected chi connectivity index (χ1v) is 6.87. The average molecular weight is 240 g/mol. The van der Waals surface area contributed by atoms with E-state index in [0.717, 1.165) is 45.1 Å². The van der Waals surface area contributed by atoms with Gasteiger partial charge in [0.05, 0.1) is 12.1 Å². The number of nitrogens with zero attached hydrogens (tertiary/aromatic N) is 3. The van der Waals surface area contributed by atoms with E-state index in [0.29, 0.717) is 0 Å². The minimum Gasteiger partial charge on any atom is -0.370 e. The molecule has 1 aliphatic heterocycles. The molecular formula is C13H28N4. The van der Waals surface area contributed by atoms with Crippen LogP contribution < -0.4 is 5.73 Å². The topological polar surface area (TPSA) is 44.9 Å². The highest BCUT2D eigenvalue weighted by Gasteiger charge is 2.36. The predicted octanol–water partition coefficient (Wildman–Crippen LogP) is 1.52. The second kappa shape index (κ2) is 6.24. The Morgan fingerprint density at radius 2 is 2.00 bits per heavy atom. The van der Waals surface area contributed by atoms with Crippen molar-refractivity contribution >= 4 is 5.96 Å². The molecule has 0 amide bonds. The normalized spacial score (nSPS) is 24.5. The van der Waals surface area contributed by atoms with Crippen LogP contribution in [0, 0.1) is 0 Å². The predicted molar refractivity (Wildman–Crippen MR) is 74.3 cm³/mol. The summed E-state index contributed by atoms with van der Waals surface area (Å²) in [6.07, 6.45) is 2.34. The third-order valence-electron chi connectivity index (χ3n) is 3.83. The van der Waals surface area contributed by atoms with E-state index in [1.807, 2.05) is 0 Å². The standard InChI is InChI=1S/C13H28N4/c1-5-8-13(4)11-15-12(14)17(13)10-9-16(6-2)7-3/h5-11H2,1-4H3,(H2,14,15). The maximum atomic E-state index is 6.01. The lowest BCUT2D eigenvalue weighted by atomic mass is 9.95. The largest absolute Gasteiger partial charge is 0.370 e. The molecule has 0 saturated heterocycles. The molecule has 1 heterocycles. The molecule has 0 spiro atoms. The van der Waals surface area contributed by atoms with Crippen molar-refractivity contribution in [1.29, 1.82) is 0 Å². The van der Waals surface area contributed by atoms with Crippen LogP contribution in [0.25, 0.3) is 0 Å². The Hall–Kier alpha value is -0.770. The van der Waals surface area contributed by atoms with Crippen LogP contribution in [0.5, 0.6) is 0 Å². The summed E-state index contributed by atoms with van der Waals surface area (Å²) < 4.78 is 0. The molecule has 17 heavy (non-hydrogen) atoms. The van der Waals surface area contributed by atoms with Crippen molar-refractivity contribution in [1.82, 2.24) is 9.80 Å². The summed E-state index contributed by atoms with van der Waals surface area (Å²) in [5.74, 6) is 0.730. The lowest BCUT2D eigenvalue weighted by Crippen LogP contribution is -2.52. The van der Waals surface area contributed by atoms with E-state index < -0.39 is 0 Å². The van der Waals surface area contributed by atoms with Crippen molar-refractivity contribution in [2.45, 2.75) is 46.1 Å². The van der Waals surface area contributed by atoms with Gasteiger partial charge in [-0.3, -0.25) is 4.99 Å². The van der Waals surface area contributed by atoms with Gasteiger partial charge < -0.3 is 15.5 Å². The Morgan fingerprint density at radius 1 is 1.35 bits per heavy atom. The third-order valence-corrected chi connectivity index (χ3v) is 3.83. The molecule has 0 aliphatic carbocycles. The van der Waals surface area contributed by atoms with E-state index in [1.165, 1.54) is 6.42 Å². The number of guanidine groups is 1. The number of likely N-dealkylation sites (N-methyl/N-ethyl adjacent to an activating group) is 1. The molecule has 0 aromatic rings.